The van der Waals surface area contributed by atoms with Crippen LogP contribution in [0.4, 0.5) is 5.69 Å². The summed E-state index contributed by atoms with van der Waals surface area (Å²) in [6.07, 6.45) is 0. The van der Waals surface area contributed by atoms with Crippen LogP contribution in [0.15, 0.2) is 24.3 Å². The fraction of sp³-hybridized carbons (Fsp3) is 0.500. The molecule has 0 radical (unpaired) electrons. The summed E-state index contributed by atoms with van der Waals surface area (Å²) >= 11 is 0. The van der Waals surface area contributed by atoms with E-state index in [1.807, 2.05) is 0 Å². The zero-order valence-corrected chi connectivity index (χ0v) is 12.2. The zero-order valence-electron chi connectivity index (χ0n) is 11.4. The SMILES string of the molecule is Nc1cccc(OCCS(=O)(=O)NC(CO)(CO)CO)c1. The molecule has 1 aromatic carbocycles. The molecule has 0 aliphatic heterocycles. The lowest BCUT2D eigenvalue weighted by Crippen LogP contribution is -2.57. The van der Waals surface area contributed by atoms with E-state index in [4.69, 9.17) is 25.8 Å². The van der Waals surface area contributed by atoms with Crippen LogP contribution < -0.4 is 15.2 Å². The number of hydrogen-bond donors (Lipinski definition) is 5. The second-order valence-corrected chi connectivity index (χ2v) is 6.44. The summed E-state index contributed by atoms with van der Waals surface area (Å²) in [4.78, 5) is 0. The molecule has 8 nitrogen and oxygen atoms in total. The highest BCUT2D eigenvalue weighted by Gasteiger charge is 2.32. The van der Waals surface area contributed by atoms with Gasteiger partial charge in [0.15, 0.2) is 0 Å². The van der Waals surface area contributed by atoms with Crippen LogP contribution in [-0.4, -0.2) is 61.5 Å². The summed E-state index contributed by atoms with van der Waals surface area (Å²) in [6.45, 7) is -2.32. The first-order valence-corrected chi connectivity index (χ1v) is 7.84. The van der Waals surface area contributed by atoms with Gasteiger partial charge in [0.05, 0.1) is 25.6 Å². The van der Waals surface area contributed by atoms with Crippen LogP contribution in [0.25, 0.3) is 0 Å². The van der Waals surface area contributed by atoms with Gasteiger partial charge in [-0.1, -0.05) is 6.07 Å². The largest absolute Gasteiger partial charge is 0.492 e. The second kappa shape index (κ2) is 7.57. The average Bonchev–Trinajstić information content (AvgIpc) is 2.45. The normalized spacial score (nSPS) is 12.3. The van der Waals surface area contributed by atoms with Crippen molar-refractivity contribution in [3.63, 3.8) is 0 Å². The van der Waals surface area contributed by atoms with E-state index < -0.39 is 41.1 Å². The van der Waals surface area contributed by atoms with Gasteiger partial charge in [-0.3, -0.25) is 0 Å². The third-order valence-electron chi connectivity index (χ3n) is 2.76. The van der Waals surface area contributed by atoms with E-state index in [-0.39, 0.29) is 6.61 Å². The molecular weight excluding hydrogens is 300 g/mol. The van der Waals surface area contributed by atoms with Gasteiger partial charge in [0.1, 0.15) is 17.9 Å². The second-order valence-electron chi connectivity index (χ2n) is 4.60. The number of ether oxygens (including phenoxy) is 1. The average molecular weight is 320 g/mol. The van der Waals surface area contributed by atoms with Crippen molar-refractivity contribution in [1.82, 2.24) is 4.72 Å². The van der Waals surface area contributed by atoms with Crippen LogP contribution in [-0.2, 0) is 10.0 Å². The predicted molar refractivity (Wildman–Crippen MR) is 77.3 cm³/mol. The number of rotatable bonds is 9. The molecule has 0 aliphatic rings. The van der Waals surface area contributed by atoms with Crippen LogP contribution >= 0.6 is 0 Å². The van der Waals surface area contributed by atoms with Gasteiger partial charge in [0.25, 0.3) is 0 Å². The van der Waals surface area contributed by atoms with Crippen LogP contribution in [0.2, 0.25) is 0 Å². The molecule has 0 saturated carbocycles. The summed E-state index contributed by atoms with van der Waals surface area (Å²) in [6, 6.07) is 6.53. The third-order valence-corrected chi connectivity index (χ3v) is 4.21. The molecule has 9 heteroatoms. The maximum Gasteiger partial charge on any atom is 0.215 e. The monoisotopic (exact) mass is 320 g/mol. The van der Waals surface area contributed by atoms with E-state index in [1.54, 1.807) is 24.3 Å². The maximum atomic E-state index is 11.8. The molecule has 0 saturated heterocycles. The summed E-state index contributed by atoms with van der Waals surface area (Å²) in [5, 5.41) is 27.2. The maximum absolute atomic E-state index is 11.8. The Balaban J connectivity index is 2.57. The van der Waals surface area contributed by atoms with Crippen LogP contribution in [0.3, 0.4) is 0 Å². The van der Waals surface area contributed by atoms with Crippen LogP contribution in [0, 0.1) is 0 Å². The lowest BCUT2D eigenvalue weighted by Gasteiger charge is -2.28. The first kappa shape index (κ1) is 17.7. The zero-order chi connectivity index (χ0) is 15.9. The van der Waals surface area contributed by atoms with E-state index in [0.717, 1.165) is 0 Å². The quantitative estimate of drug-likeness (QED) is 0.341. The van der Waals surface area contributed by atoms with E-state index in [2.05, 4.69) is 4.72 Å². The first-order valence-electron chi connectivity index (χ1n) is 6.19. The summed E-state index contributed by atoms with van der Waals surface area (Å²) < 4.78 is 31.0. The lowest BCUT2D eigenvalue weighted by atomic mass is 10.1. The summed E-state index contributed by atoms with van der Waals surface area (Å²) in [7, 11) is -3.84. The number of aliphatic hydroxyl groups is 3. The molecule has 1 rings (SSSR count). The molecule has 0 aliphatic carbocycles. The Kier molecular flexibility index (Phi) is 6.37. The van der Waals surface area contributed by atoms with Crippen LogP contribution in [0.1, 0.15) is 0 Å². The van der Waals surface area contributed by atoms with Crippen molar-refractivity contribution < 1.29 is 28.5 Å². The first-order chi connectivity index (χ1) is 9.86. The van der Waals surface area contributed by atoms with Gasteiger partial charge in [-0.05, 0) is 12.1 Å². The smallest absolute Gasteiger partial charge is 0.215 e. The standard InChI is InChI=1S/C12H20N2O6S/c13-10-2-1-3-11(6-10)20-4-5-21(18,19)14-12(7-15,8-16)9-17/h1-3,6,14-17H,4-5,7-9,13H2. The van der Waals surface area contributed by atoms with Crippen molar-refractivity contribution in [2.75, 3.05) is 37.9 Å². The molecule has 120 valence electrons. The Morgan fingerprint density at radius 3 is 2.33 bits per heavy atom. The molecule has 1 aromatic rings. The van der Waals surface area contributed by atoms with Crippen molar-refractivity contribution in [3.8, 4) is 5.75 Å². The highest BCUT2D eigenvalue weighted by molar-refractivity contribution is 7.89. The Hall–Kier alpha value is -1.39. The Bertz CT molecular complexity index is 536. The van der Waals surface area contributed by atoms with Gasteiger partial charge in [0.2, 0.25) is 10.0 Å². The van der Waals surface area contributed by atoms with Gasteiger partial charge in [-0.15, -0.1) is 0 Å². The minimum Gasteiger partial charge on any atom is -0.492 e. The molecule has 6 N–H and O–H groups in total. The van der Waals surface area contributed by atoms with Gasteiger partial charge >= 0.3 is 0 Å². The van der Waals surface area contributed by atoms with Gasteiger partial charge < -0.3 is 25.8 Å². The van der Waals surface area contributed by atoms with E-state index in [1.165, 1.54) is 0 Å². The Morgan fingerprint density at radius 1 is 1.19 bits per heavy atom. The summed E-state index contributed by atoms with van der Waals surface area (Å²) in [5.41, 5.74) is 4.37. The molecule has 21 heavy (non-hydrogen) atoms. The number of sulfonamides is 1. The molecule has 0 unspecified atom stereocenters. The van der Waals surface area contributed by atoms with Gasteiger partial charge in [0, 0.05) is 11.8 Å². The minimum absolute atomic E-state index is 0.142. The lowest BCUT2D eigenvalue weighted by molar-refractivity contribution is 0.0581. The predicted octanol–water partition coefficient (Wildman–Crippen LogP) is -1.72. The van der Waals surface area contributed by atoms with Crippen molar-refractivity contribution >= 4 is 15.7 Å². The number of nitrogens with one attached hydrogen (secondary N) is 1. The number of benzene rings is 1. The Labute approximate surface area is 123 Å². The van der Waals surface area contributed by atoms with Gasteiger partial charge in [-0.25, -0.2) is 13.1 Å². The molecule has 0 atom stereocenters. The number of anilines is 1. The molecule has 0 bridgehead atoms. The van der Waals surface area contributed by atoms with E-state index in [9.17, 15) is 8.42 Å². The van der Waals surface area contributed by atoms with Crippen molar-refractivity contribution in [2.45, 2.75) is 5.54 Å². The fourth-order valence-corrected chi connectivity index (χ4v) is 2.76. The fourth-order valence-electron chi connectivity index (χ4n) is 1.50. The van der Waals surface area contributed by atoms with E-state index >= 15 is 0 Å². The topological polar surface area (TPSA) is 142 Å². The molecule has 0 spiro atoms. The van der Waals surface area contributed by atoms with Gasteiger partial charge in [-0.2, -0.15) is 0 Å². The molecule has 0 heterocycles. The number of nitrogens with two attached hydrogens (primary N) is 1. The van der Waals surface area contributed by atoms with Crippen molar-refractivity contribution in [1.29, 1.82) is 0 Å². The molecular formula is C12H20N2O6S. The number of nitrogen functional groups attached to an aromatic ring is 1. The van der Waals surface area contributed by atoms with Crippen LogP contribution in [0.5, 0.6) is 5.75 Å². The summed E-state index contributed by atoms with van der Waals surface area (Å²) in [5.74, 6) is 0.0340. The third kappa shape index (κ3) is 5.48. The highest BCUT2D eigenvalue weighted by Crippen LogP contribution is 2.14. The van der Waals surface area contributed by atoms with Crippen molar-refractivity contribution in [2.24, 2.45) is 0 Å². The molecule has 0 fully saturated rings. The Morgan fingerprint density at radius 2 is 1.81 bits per heavy atom. The highest BCUT2D eigenvalue weighted by atomic mass is 32.2. The number of hydrogen-bond acceptors (Lipinski definition) is 7. The molecule has 0 amide bonds. The van der Waals surface area contributed by atoms with Crippen molar-refractivity contribution in [3.05, 3.63) is 24.3 Å². The number of aliphatic hydroxyl groups excluding tert-OH is 3. The molecule has 0 aromatic heterocycles. The minimum atomic E-state index is -3.84. The van der Waals surface area contributed by atoms with E-state index in [0.29, 0.717) is 11.4 Å².